The Labute approximate surface area is 162 Å². The number of carbonyl (C=O) groups excluding carboxylic acids is 1. The molecule has 1 aliphatic heterocycles. The lowest BCUT2D eigenvalue weighted by molar-refractivity contribution is 0.0975. The van der Waals surface area contributed by atoms with Gasteiger partial charge in [0.25, 0.3) is 5.91 Å². The molecule has 5 heteroatoms. The Bertz CT molecular complexity index is 1160. The Morgan fingerprint density at radius 1 is 0.929 bits per heavy atom. The molecule has 3 aromatic carbocycles. The van der Waals surface area contributed by atoms with E-state index in [0.29, 0.717) is 5.56 Å². The first-order valence-corrected chi connectivity index (χ1v) is 9.15. The maximum Gasteiger partial charge on any atom is 0.262 e. The predicted molar refractivity (Wildman–Crippen MR) is 111 cm³/mol. The van der Waals surface area contributed by atoms with Gasteiger partial charge in [0.1, 0.15) is 11.9 Å². The van der Waals surface area contributed by atoms with E-state index in [-0.39, 0.29) is 12.1 Å². The summed E-state index contributed by atoms with van der Waals surface area (Å²) in [5.41, 5.74) is 4.37. The number of ether oxygens (including phenoxy) is 1. The Morgan fingerprint density at radius 3 is 2.50 bits per heavy atom. The maximum atomic E-state index is 13.5. The maximum absolute atomic E-state index is 13.5. The fourth-order valence-corrected chi connectivity index (χ4v) is 3.80. The van der Waals surface area contributed by atoms with Crippen molar-refractivity contribution >= 4 is 28.2 Å². The summed E-state index contributed by atoms with van der Waals surface area (Å²) in [6, 6.07) is 23.3. The van der Waals surface area contributed by atoms with Gasteiger partial charge < -0.3 is 15.0 Å². The first-order chi connectivity index (χ1) is 13.8. The highest BCUT2D eigenvalue weighted by Crippen LogP contribution is 2.39. The molecule has 0 radical (unpaired) electrons. The summed E-state index contributed by atoms with van der Waals surface area (Å²) in [6.45, 7) is 0. The van der Waals surface area contributed by atoms with Crippen molar-refractivity contribution in [1.82, 2.24) is 4.98 Å². The van der Waals surface area contributed by atoms with E-state index in [1.54, 1.807) is 12.0 Å². The van der Waals surface area contributed by atoms with E-state index in [1.165, 1.54) is 0 Å². The summed E-state index contributed by atoms with van der Waals surface area (Å²) < 4.78 is 5.27. The minimum atomic E-state index is -0.327. The number of hydrogen-bond acceptors (Lipinski definition) is 3. The second-order valence-electron chi connectivity index (χ2n) is 6.76. The topological polar surface area (TPSA) is 57.4 Å². The summed E-state index contributed by atoms with van der Waals surface area (Å²) in [5.74, 6) is 0.722. The predicted octanol–water partition coefficient (Wildman–Crippen LogP) is 4.95. The van der Waals surface area contributed by atoms with Crippen molar-refractivity contribution in [3.05, 3.63) is 90.1 Å². The second kappa shape index (κ2) is 6.46. The molecule has 0 aliphatic carbocycles. The van der Waals surface area contributed by atoms with Crippen LogP contribution in [-0.2, 0) is 0 Å². The quantitative estimate of drug-likeness (QED) is 0.537. The van der Waals surface area contributed by atoms with Crippen molar-refractivity contribution in [2.75, 3.05) is 17.3 Å². The highest BCUT2D eigenvalue weighted by atomic mass is 16.5. The number of nitrogens with one attached hydrogen (secondary N) is 2. The van der Waals surface area contributed by atoms with Crippen LogP contribution in [0.15, 0.2) is 79.0 Å². The van der Waals surface area contributed by atoms with Gasteiger partial charge in [-0.15, -0.1) is 0 Å². The molecular formula is C23H19N3O2. The molecule has 1 aliphatic rings. The average Bonchev–Trinajstić information content (AvgIpc) is 3.18. The van der Waals surface area contributed by atoms with E-state index in [4.69, 9.17) is 4.74 Å². The summed E-state index contributed by atoms with van der Waals surface area (Å²) in [7, 11) is 1.63. The number of methoxy groups -OCH3 is 1. The Morgan fingerprint density at radius 2 is 1.68 bits per heavy atom. The zero-order valence-corrected chi connectivity index (χ0v) is 15.3. The summed E-state index contributed by atoms with van der Waals surface area (Å²) in [4.78, 5) is 18.6. The smallest absolute Gasteiger partial charge is 0.262 e. The third-order valence-corrected chi connectivity index (χ3v) is 5.19. The molecule has 28 heavy (non-hydrogen) atoms. The van der Waals surface area contributed by atoms with Gasteiger partial charge in [0.2, 0.25) is 0 Å². The molecule has 0 bridgehead atoms. The van der Waals surface area contributed by atoms with Crippen LogP contribution in [0.25, 0.3) is 10.9 Å². The number of nitrogens with zero attached hydrogens (tertiary/aromatic N) is 1. The van der Waals surface area contributed by atoms with E-state index in [9.17, 15) is 4.79 Å². The van der Waals surface area contributed by atoms with Crippen molar-refractivity contribution in [2.45, 2.75) is 6.17 Å². The van der Waals surface area contributed by atoms with Crippen molar-refractivity contribution in [3.63, 3.8) is 0 Å². The molecule has 1 aromatic heterocycles. The minimum absolute atomic E-state index is 0.0326. The molecule has 0 saturated heterocycles. The highest BCUT2D eigenvalue weighted by Gasteiger charge is 2.35. The van der Waals surface area contributed by atoms with Crippen LogP contribution in [0.4, 0.5) is 11.4 Å². The fourth-order valence-electron chi connectivity index (χ4n) is 3.80. The standard InChI is InChI=1S/C23H19N3O2/c1-28-16-12-10-15(11-13-16)26-22(19-14-24-20-8-4-2-6-17(19)20)25-21-9-5-3-7-18(21)23(26)27/h2-14,22,24-25H,1H3/t22-/m1/s1. The zero-order valence-electron chi connectivity index (χ0n) is 15.3. The number of anilines is 2. The van der Waals surface area contributed by atoms with Gasteiger partial charge in [-0.25, -0.2) is 0 Å². The molecule has 4 aromatic rings. The van der Waals surface area contributed by atoms with E-state index in [1.807, 2.05) is 72.9 Å². The first-order valence-electron chi connectivity index (χ1n) is 9.15. The van der Waals surface area contributed by atoms with Crippen LogP contribution < -0.4 is 15.0 Å². The van der Waals surface area contributed by atoms with Crippen LogP contribution in [0.2, 0.25) is 0 Å². The van der Waals surface area contributed by atoms with Gasteiger partial charge in [0.05, 0.1) is 12.7 Å². The molecule has 2 heterocycles. The number of H-pyrrole nitrogens is 1. The molecule has 2 N–H and O–H groups in total. The van der Waals surface area contributed by atoms with Gasteiger partial charge in [-0.1, -0.05) is 30.3 Å². The van der Waals surface area contributed by atoms with Crippen LogP contribution in [0, 0.1) is 0 Å². The van der Waals surface area contributed by atoms with Gasteiger partial charge in [-0.05, 0) is 42.5 Å². The second-order valence-corrected chi connectivity index (χ2v) is 6.76. The molecule has 5 nitrogen and oxygen atoms in total. The summed E-state index contributed by atoms with van der Waals surface area (Å²) in [6.07, 6.45) is 1.65. The average molecular weight is 369 g/mol. The number of rotatable bonds is 3. The molecular weight excluding hydrogens is 350 g/mol. The number of benzene rings is 3. The van der Waals surface area contributed by atoms with Crippen LogP contribution in [0.3, 0.4) is 0 Å². The monoisotopic (exact) mass is 369 g/mol. The normalized spacial score (nSPS) is 16.0. The van der Waals surface area contributed by atoms with Gasteiger partial charge in [0, 0.05) is 34.0 Å². The third-order valence-electron chi connectivity index (χ3n) is 5.19. The van der Waals surface area contributed by atoms with E-state index < -0.39 is 0 Å². The van der Waals surface area contributed by atoms with Gasteiger partial charge >= 0.3 is 0 Å². The lowest BCUT2D eigenvalue weighted by Gasteiger charge is -2.38. The summed E-state index contributed by atoms with van der Waals surface area (Å²) >= 11 is 0. The van der Waals surface area contributed by atoms with E-state index in [2.05, 4.69) is 16.4 Å². The molecule has 0 saturated carbocycles. The van der Waals surface area contributed by atoms with Crippen molar-refractivity contribution in [2.24, 2.45) is 0 Å². The van der Waals surface area contributed by atoms with Crippen LogP contribution >= 0.6 is 0 Å². The van der Waals surface area contributed by atoms with Crippen LogP contribution in [-0.4, -0.2) is 18.0 Å². The van der Waals surface area contributed by atoms with E-state index >= 15 is 0 Å². The van der Waals surface area contributed by atoms with Crippen molar-refractivity contribution in [1.29, 1.82) is 0 Å². The number of fused-ring (bicyclic) bond motifs is 2. The number of aromatic amines is 1. The van der Waals surface area contributed by atoms with Gasteiger partial charge in [-0.2, -0.15) is 0 Å². The fraction of sp³-hybridized carbons (Fsp3) is 0.0870. The number of para-hydroxylation sites is 2. The molecule has 1 atom stereocenters. The number of hydrogen-bond donors (Lipinski definition) is 2. The number of amides is 1. The molecule has 5 rings (SSSR count). The van der Waals surface area contributed by atoms with Crippen LogP contribution in [0.5, 0.6) is 5.75 Å². The zero-order chi connectivity index (χ0) is 19.1. The number of aromatic nitrogens is 1. The largest absolute Gasteiger partial charge is 0.497 e. The Balaban J connectivity index is 1.68. The third kappa shape index (κ3) is 2.52. The lowest BCUT2D eigenvalue weighted by atomic mass is 10.0. The highest BCUT2D eigenvalue weighted by molar-refractivity contribution is 6.12. The van der Waals surface area contributed by atoms with Gasteiger partial charge in [0.15, 0.2) is 0 Å². The van der Waals surface area contributed by atoms with Crippen molar-refractivity contribution < 1.29 is 9.53 Å². The summed E-state index contributed by atoms with van der Waals surface area (Å²) in [5, 5.41) is 4.64. The van der Waals surface area contributed by atoms with E-state index in [0.717, 1.165) is 33.6 Å². The molecule has 0 fully saturated rings. The lowest BCUT2D eigenvalue weighted by Crippen LogP contribution is -2.43. The van der Waals surface area contributed by atoms with Crippen molar-refractivity contribution in [3.8, 4) is 5.75 Å². The molecule has 138 valence electrons. The Hall–Kier alpha value is -3.73. The van der Waals surface area contributed by atoms with Gasteiger partial charge in [-0.3, -0.25) is 9.69 Å². The molecule has 1 amide bonds. The molecule has 0 spiro atoms. The van der Waals surface area contributed by atoms with Crippen LogP contribution in [0.1, 0.15) is 22.1 Å². The SMILES string of the molecule is COc1ccc(N2C(=O)c3ccccc3N[C@H]2c2c[nH]c3ccccc23)cc1. The Kier molecular flexibility index (Phi) is 3.79. The molecule has 0 unspecified atom stereocenters. The minimum Gasteiger partial charge on any atom is -0.497 e. The first kappa shape index (κ1) is 16.4. The number of carbonyl (C=O) groups is 1.